The first-order valence-corrected chi connectivity index (χ1v) is 19.0. The van der Waals surface area contributed by atoms with Gasteiger partial charge in [0.05, 0.1) is 30.2 Å². The number of rotatable bonds is 10. The van der Waals surface area contributed by atoms with Crippen LogP contribution >= 0.6 is 23.2 Å². The molecule has 1 N–H and O–H groups in total. The van der Waals surface area contributed by atoms with Gasteiger partial charge in [-0.3, -0.25) is 9.58 Å². The minimum Gasteiger partial charge on any atom is -0.379 e. The molecule has 1 fully saturated rings. The van der Waals surface area contributed by atoms with Crippen LogP contribution in [-0.4, -0.2) is 72.5 Å². The highest BCUT2D eigenvalue weighted by atomic mass is 35.5. The molecule has 0 unspecified atom stereocenters. The summed E-state index contributed by atoms with van der Waals surface area (Å²) in [5.74, 6) is 6.52. The molecule has 4 aromatic rings. The second-order valence-electron chi connectivity index (χ2n) is 12.5. The Morgan fingerprint density at radius 1 is 0.958 bits per heavy atom. The quantitative estimate of drug-likeness (QED) is 0.205. The van der Waals surface area contributed by atoms with Crippen molar-refractivity contribution in [1.82, 2.24) is 24.3 Å². The first-order valence-electron chi connectivity index (χ1n) is 16.4. The number of aryl methyl sites for hydroxylation is 1. The third-order valence-electron chi connectivity index (χ3n) is 9.00. The molecule has 1 atom stereocenters. The standard InChI is InChI=1S/C37H41Cl2N5O3S/c1-27-26-47-21-20-42(27)17-3-18-44-36-16-19-43(48(2,45)46)25-34(36)37(41-44)32-12-15-35(39)31(22-32)11-8-28-4-6-29(7-5-28)23-40-24-30-9-13-33(38)14-10-30/h4-7,9-10,12-15,22,27,40H,3,16-21,23-26H2,1-2H3/t27-/m1/s1. The molecule has 0 amide bonds. The fourth-order valence-corrected chi connectivity index (χ4v) is 7.33. The topological polar surface area (TPSA) is 79.7 Å². The van der Waals surface area contributed by atoms with Crippen molar-refractivity contribution in [2.75, 3.05) is 39.1 Å². The molecule has 6 rings (SSSR count). The van der Waals surface area contributed by atoms with Gasteiger partial charge in [0, 0.05) is 91.2 Å². The normalized spacial score (nSPS) is 17.1. The van der Waals surface area contributed by atoms with Crippen LogP contribution in [0.4, 0.5) is 0 Å². The van der Waals surface area contributed by atoms with Crippen molar-refractivity contribution in [1.29, 1.82) is 0 Å². The lowest BCUT2D eigenvalue weighted by Gasteiger charge is -2.33. The van der Waals surface area contributed by atoms with Crippen molar-refractivity contribution in [3.63, 3.8) is 0 Å². The van der Waals surface area contributed by atoms with Gasteiger partial charge in [0.25, 0.3) is 0 Å². The summed E-state index contributed by atoms with van der Waals surface area (Å²) in [6.07, 6.45) is 2.84. The lowest BCUT2D eigenvalue weighted by Crippen LogP contribution is -2.44. The third kappa shape index (κ3) is 8.68. The largest absolute Gasteiger partial charge is 0.379 e. The van der Waals surface area contributed by atoms with E-state index in [1.54, 1.807) is 0 Å². The predicted octanol–water partition coefficient (Wildman–Crippen LogP) is 5.98. The summed E-state index contributed by atoms with van der Waals surface area (Å²) >= 11 is 12.6. The summed E-state index contributed by atoms with van der Waals surface area (Å²) in [5, 5.41) is 9.83. The van der Waals surface area contributed by atoms with Crippen molar-refractivity contribution in [2.45, 2.75) is 52.0 Å². The van der Waals surface area contributed by atoms with Gasteiger partial charge in [-0.2, -0.15) is 9.40 Å². The number of benzene rings is 3. The van der Waals surface area contributed by atoms with Gasteiger partial charge in [0.15, 0.2) is 0 Å². The number of hydrogen-bond donors (Lipinski definition) is 1. The molecule has 2 aliphatic rings. The van der Waals surface area contributed by atoms with E-state index in [0.717, 1.165) is 91.0 Å². The molecule has 2 aliphatic heterocycles. The molecule has 3 aromatic carbocycles. The second kappa shape index (κ2) is 15.6. The van der Waals surface area contributed by atoms with Crippen LogP contribution in [0.5, 0.6) is 0 Å². The number of aromatic nitrogens is 2. The zero-order valence-electron chi connectivity index (χ0n) is 27.4. The minimum atomic E-state index is -3.35. The Morgan fingerprint density at radius 3 is 2.40 bits per heavy atom. The van der Waals surface area contributed by atoms with E-state index >= 15 is 0 Å². The monoisotopic (exact) mass is 705 g/mol. The zero-order chi connectivity index (χ0) is 33.7. The molecule has 11 heteroatoms. The number of halogens is 2. The molecule has 1 saturated heterocycles. The number of hydrogen-bond acceptors (Lipinski definition) is 6. The van der Waals surface area contributed by atoms with Gasteiger partial charge in [-0.15, -0.1) is 0 Å². The van der Waals surface area contributed by atoms with Crippen LogP contribution in [0, 0.1) is 11.8 Å². The zero-order valence-corrected chi connectivity index (χ0v) is 29.7. The highest BCUT2D eigenvalue weighted by Gasteiger charge is 2.30. The van der Waals surface area contributed by atoms with Crippen LogP contribution in [0.15, 0.2) is 66.7 Å². The van der Waals surface area contributed by atoms with E-state index in [-0.39, 0.29) is 0 Å². The second-order valence-corrected chi connectivity index (χ2v) is 15.4. The van der Waals surface area contributed by atoms with Crippen LogP contribution in [0.25, 0.3) is 11.3 Å². The minimum absolute atomic E-state index is 0.300. The molecular formula is C37H41Cl2N5O3S. The Bertz CT molecular complexity index is 1900. The van der Waals surface area contributed by atoms with E-state index in [1.807, 2.05) is 54.6 Å². The Hall–Kier alpha value is -3.20. The SMILES string of the molecule is C[C@@H]1COCCN1CCCn1nc(-c2ccc(Cl)c(C#Cc3ccc(CNCc4ccc(Cl)cc4)cc3)c2)c2c1CCN(S(C)(=O)=O)C2. The van der Waals surface area contributed by atoms with Crippen molar-refractivity contribution in [3.05, 3.63) is 110 Å². The van der Waals surface area contributed by atoms with Crippen LogP contribution in [0.2, 0.25) is 10.0 Å². The number of morpholine rings is 1. The van der Waals surface area contributed by atoms with Gasteiger partial charge >= 0.3 is 0 Å². The number of sulfonamides is 1. The highest BCUT2D eigenvalue weighted by Crippen LogP contribution is 2.33. The lowest BCUT2D eigenvalue weighted by molar-refractivity contribution is -0.00122. The molecule has 252 valence electrons. The predicted molar refractivity (Wildman–Crippen MR) is 193 cm³/mol. The van der Waals surface area contributed by atoms with Gasteiger partial charge in [-0.05, 0) is 60.9 Å². The van der Waals surface area contributed by atoms with E-state index in [4.69, 9.17) is 33.0 Å². The number of fused-ring (bicyclic) bond motifs is 1. The van der Waals surface area contributed by atoms with Gasteiger partial charge < -0.3 is 10.1 Å². The van der Waals surface area contributed by atoms with Crippen molar-refractivity contribution in [3.8, 4) is 23.1 Å². The molecule has 3 heterocycles. The maximum absolute atomic E-state index is 12.5. The van der Waals surface area contributed by atoms with Gasteiger partial charge in [0.1, 0.15) is 0 Å². The van der Waals surface area contributed by atoms with Crippen LogP contribution in [-0.2, 0) is 47.4 Å². The van der Waals surface area contributed by atoms with Gasteiger partial charge in [-0.25, -0.2) is 8.42 Å². The highest BCUT2D eigenvalue weighted by molar-refractivity contribution is 7.88. The van der Waals surface area contributed by atoms with Crippen molar-refractivity contribution in [2.24, 2.45) is 0 Å². The van der Waals surface area contributed by atoms with Crippen LogP contribution in [0.3, 0.4) is 0 Å². The van der Waals surface area contributed by atoms with Gasteiger partial charge in [-0.1, -0.05) is 65.4 Å². The Morgan fingerprint density at radius 2 is 1.69 bits per heavy atom. The smallest absolute Gasteiger partial charge is 0.211 e. The summed E-state index contributed by atoms with van der Waals surface area (Å²) in [6, 6.07) is 22.2. The first kappa shape index (κ1) is 34.7. The molecule has 1 aromatic heterocycles. The Kier molecular flexibility index (Phi) is 11.2. The first-order chi connectivity index (χ1) is 23.1. The molecular weight excluding hydrogens is 665 g/mol. The van der Waals surface area contributed by atoms with Gasteiger partial charge in [0.2, 0.25) is 10.0 Å². The van der Waals surface area contributed by atoms with E-state index in [0.29, 0.717) is 36.1 Å². The lowest BCUT2D eigenvalue weighted by atomic mass is 10.0. The van der Waals surface area contributed by atoms with Crippen LogP contribution in [0.1, 0.15) is 46.9 Å². The van der Waals surface area contributed by atoms with Crippen LogP contribution < -0.4 is 5.32 Å². The van der Waals surface area contributed by atoms with E-state index in [2.05, 4.69) is 45.8 Å². The third-order valence-corrected chi connectivity index (χ3v) is 10.8. The average molecular weight is 707 g/mol. The molecule has 8 nitrogen and oxygen atoms in total. The summed E-state index contributed by atoms with van der Waals surface area (Å²) < 4.78 is 34.3. The summed E-state index contributed by atoms with van der Waals surface area (Å²) in [4.78, 5) is 2.46. The molecule has 0 spiro atoms. The molecule has 48 heavy (non-hydrogen) atoms. The summed E-state index contributed by atoms with van der Waals surface area (Å²) in [6.45, 7) is 8.64. The van der Waals surface area contributed by atoms with Crippen molar-refractivity contribution >= 4 is 33.2 Å². The fourth-order valence-electron chi connectivity index (χ4n) is 6.25. The van der Waals surface area contributed by atoms with E-state index in [9.17, 15) is 8.42 Å². The summed E-state index contributed by atoms with van der Waals surface area (Å²) in [7, 11) is -3.35. The summed E-state index contributed by atoms with van der Waals surface area (Å²) in [5.41, 5.74) is 7.64. The van der Waals surface area contributed by atoms with E-state index < -0.39 is 10.0 Å². The number of nitrogens with one attached hydrogen (secondary N) is 1. The number of nitrogens with zero attached hydrogens (tertiary/aromatic N) is 4. The fraction of sp³-hybridized carbons (Fsp3) is 0.378. The molecule has 0 bridgehead atoms. The number of ether oxygens (including phenoxy) is 1. The maximum atomic E-state index is 12.5. The van der Waals surface area contributed by atoms with E-state index in [1.165, 1.54) is 16.1 Å². The molecule has 0 aliphatic carbocycles. The Labute approximate surface area is 294 Å². The Balaban J connectivity index is 1.18. The maximum Gasteiger partial charge on any atom is 0.211 e. The molecule has 0 saturated carbocycles. The van der Waals surface area contributed by atoms with Crippen molar-refractivity contribution < 1.29 is 13.2 Å². The average Bonchev–Trinajstić information content (AvgIpc) is 3.44. The molecule has 0 radical (unpaired) electrons.